The van der Waals surface area contributed by atoms with Crippen molar-refractivity contribution in [3.8, 4) is 5.75 Å². The summed E-state index contributed by atoms with van der Waals surface area (Å²) in [6, 6.07) is 17.1. The smallest absolute Gasteiger partial charge is 0.128 e. The number of hydrogen-bond acceptors (Lipinski definition) is 2. The van der Waals surface area contributed by atoms with Gasteiger partial charge in [0.25, 0.3) is 0 Å². The van der Waals surface area contributed by atoms with Gasteiger partial charge in [0.15, 0.2) is 0 Å². The fourth-order valence-corrected chi connectivity index (χ4v) is 2.20. The lowest BCUT2D eigenvalue weighted by atomic mass is 10.1. The van der Waals surface area contributed by atoms with Crippen LogP contribution in [-0.2, 0) is 6.42 Å². The summed E-state index contributed by atoms with van der Waals surface area (Å²) in [5.74, 6) is 0.311. The van der Waals surface area contributed by atoms with Gasteiger partial charge in [-0.1, -0.05) is 42.5 Å². The highest BCUT2D eigenvalue weighted by molar-refractivity contribution is 5.25. The Bertz CT molecular complexity index is 502. The average molecular weight is 352 g/mol. The summed E-state index contributed by atoms with van der Waals surface area (Å²) in [6.45, 7) is 1.68. The van der Waals surface area contributed by atoms with Crippen molar-refractivity contribution in [3.05, 3.63) is 65.7 Å². The number of nitrogens with two attached hydrogens (primary N) is 1. The molecule has 0 saturated heterocycles. The molecule has 0 bridgehead atoms. The van der Waals surface area contributed by atoms with Crippen LogP contribution >= 0.6 is 0 Å². The van der Waals surface area contributed by atoms with E-state index in [-0.39, 0.29) is 17.0 Å². The summed E-state index contributed by atoms with van der Waals surface area (Å²) >= 11 is 0. The number of hydrogen-bond donors (Lipinski definition) is 3. The Morgan fingerprint density at radius 3 is 2.29 bits per heavy atom. The van der Waals surface area contributed by atoms with Crippen LogP contribution in [0.2, 0.25) is 0 Å². The molecule has 2 aromatic rings. The van der Waals surface area contributed by atoms with E-state index in [0.29, 0.717) is 12.3 Å². The lowest BCUT2D eigenvalue weighted by Crippen LogP contribution is -3.00. The molecule has 1 atom stereocenters. The van der Waals surface area contributed by atoms with Gasteiger partial charge in [0.2, 0.25) is 0 Å². The van der Waals surface area contributed by atoms with Gasteiger partial charge < -0.3 is 32.5 Å². The van der Waals surface area contributed by atoms with Crippen LogP contribution in [0.1, 0.15) is 23.7 Å². The van der Waals surface area contributed by atoms with Crippen LogP contribution in [0.3, 0.4) is 0 Å². The molecule has 0 aliphatic rings. The summed E-state index contributed by atoms with van der Waals surface area (Å²) in [7, 11) is 0. The molecule has 2 aromatic carbocycles. The molecule has 0 spiro atoms. The van der Waals surface area contributed by atoms with Crippen LogP contribution in [0.15, 0.2) is 54.6 Å². The number of benzene rings is 2. The Kier molecular flexibility index (Phi) is 8.05. The van der Waals surface area contributed by atoms with Crippen LogP contribution in [0.4, 0.5) is 0 Å². The third-order valence-electron chi connectivity index (χ3n) is 3.38. The summed E-state index contributed by atoms with van der Waals surface area (Å²) in [5, 5.41) is 21.4. The topological polar surface area (TPSA) is 57.1 Å². The Balaban J connectivity index is 0.00000220. The van der Waals surface area contributed by atoms with Crippen LogP contribution in [0.5, 0.6) is 5.75 Å². The van der Waals surface area contributed by atoms with Crippen LogP contribution in [0, 0.1) is 0 Å². The molecule has 114 valence electrons. The molecule has 0 heterocycles. The molecule has 0 unspecified atom stereocenters. The predicted molar refractivity (Wildman–Crippen MR) is 79.5 cm³/mol. The van der Waals surface area contributed by atoms with E-state index in [1.807, 2.05) is 42.5 Å². The van der Waals surface area contributed by atoms with Crippen molar-refractivity contribution in [2.45, 2.75) is 18.9 Å². The molecule has 0 amide bonds. The van der Waals surface area contributed by atoms with Gasteiger partial charge in [0, 0.05) is 6.42 Å². The summed E-state index contributed by atoms with van der Waals surface area (Å²) < 4.78 is 0. The van der Waals surface area contributed by atoms with Crippen molar-refractivity contribution >= 4 is 0 Å². The Hall–Kier alpha value is -1.36. The molecule has 21 heavy (non-hydrogen) atoms. The minimum atomic E-state index is -0.398. The number of quaternary nitrogens is 1. The molecule has 0 aliphatic heterocycles. The first-order chi connectivity index (χ1) is 9.75. The van der Waals surface area contributed by atoms with Crippen molar-refractivity contribution in [1.29, 1.82) is 0 Å². The van der Waals surface area contributed by atoms with Crippen molar-refractivity contribution in [2.75, 3.05) is 13.1 Å². The lowest BCUT2D eigenvalue weighted by molar-refractivity contribution is -0.662. The highest BCUT2D eigenvalue weighted by Crippen LogP contribution is 2.11. The van der Waals surface area contributed by atoms with Gasteiger partial charge >= 0.3 is 0 Å². The van der Waals surface area contributed by atoms with E-state index < -0.39 is 6.10 Å². The highest BCUT2D eigenvalue weighted by atomic mass is 79.9. The van der Waals surface area contributed by atoms with Crippen molar-refractivity contribution in [2.24, 2.45) is 0 Å². The number of phenolic OH excluding ortho intramolecular Hbond substituents is 1. The van der Waals surface area contributed by atoms with E-state index in [2.05, 4.69) is 5.32 Å². The number of phenols is 1. The maximum Gasteiger partial charge on any atom is 0.128 e. The second-order valence-corrected chi connectivity index (χ2v) is 5.01. The zero-order valence-electron chi connectivity index (χ0n) is 12.0. The number of aryl methyl sites for hydroxylation is 1. The minimum Gasteiger partial charge on any atom is -1.00 e. The molecule has 4 N–H and O–H groups in total. The molecular weight excluding hydrogens is 330 g/mol. The van der Waals surface area contributed by atoms with E-state index in [1.165, 1.54) is 5.56 Å². The molecule has 0 saturated carbocycles. The number of aliphatic hydroxyl groups excluding tert-OH is 1. The van der Waals surface area contributed by atoms with Crippen LogP contribution < -0.4 is 22.3 Å². The van der Waals surface area contributed by atoms with Gasteiger partial charge in [0.1, 0.15) is 18.4 Å². The Morgan fingerprint density at radius 2 is 1.62 bits per heavy atom. The van der Waals surface area contributed by atoms with Crippen LogP contribution in [-0.4, -0.2) is 23.3 Å². The third-order valence-corrected chi connectivity index (χ3v) is 3.38. The van der Waals surface area contributed by atoms with E-state index in [0.717, 1.165) is 24.9 Å². The van der Waals surface area contributed by atoms with E-state index in [4.69, 9.17) is 0 Å². The van der Waals surface area contributed by atoms with Crippen molar-refractivity contribution in [1.82, 2.24) is 0 Å². The van der Waals surface area contributed by atoms with E-state index in [1.54, 1.807) is 12.1 Å². The van der Waals surface area contributed by atoms with Crippen LogP contribution in [0.25, 0.3) is 0 Å². The number of aromatic hydroxyl groups is 1. The predicted octanol–water partition coefficient (Wildman–Crippen LogP) is -1.37. The molecule has 0 fully saturated rings. The van der Waals surface area contributed by atoms with Gasteiger partial charge in [0.05, 0.1) is 6.54 Å². The molecule has 2 rings (SSSR count). The first-order valence-electron chi connectivity index (χ1n) is 7.08. The fraction of sp³-hybridized carbons (Fsp3) is 0.294. The van der Waals surface area contributed by atoms with E-state index in [9.17, 15) is 10.2 Å². The van der Waals surface area contributed by atoms with Crippen molar-refractivity contribution in [3.63, 3.8) is 0 Å². The van der Waals surface area contributed by atoms with E-state index >= 15 is 0 Å². The van der Waals surface area contributed by atoms with Gasteiger partial charge in [-0.2, -0.15) is 0 Å². The lowest BCUT2D eigenvalue weighted by Gasteiger charge is -2.09. The molecule has 0 radical (unpaired) electrons. The highest BCUT2D eigenvalue weighted by Gasteiger charge is 2.07. The fourth-order valence-electron chi connectivity index (χ4n) is 2.20. The monoisotopic (exact) mass is 351 g/mol. The zero-order valence-corrected chi connectivity index (χ0v) is 13.5. The Labute approximate surface area is 136 Å². The summed E-state index contributed by atoms with van der Waals surface area (Å²) in [4.78, 5) is 0. The maximum absolute atomic E-state index is 10.0. The number of halogens is 1. The molecule has 0 aromatic heterocycles. The third kappa shape index (κ3) is 6.29. The second kappa shape index (κ2) is 9.55. The zero-order chi connectivity index (χ0) is 14.2. The quantitative estimate of drug-likeness (QED) is 0.539. The number of rotatable bonds is 7. The standard InChI is InChI=1S/C17H21NO2.BrH/c19-16-10-8-14(9-11-16)5-4-12-18-13-17(20)15-6-2-1-3-7-15;/h1-3,6-11,17-20H,4-5,12-13H2;1H/t17-;/m0./s1. The molecule has 4 heteroatoms. The minimum absolute atomic E-state index is 0. The first kappa shape index (κ1) is 17.7. The van der Waals surface area contributed by atoms with Gasteiger partial charge in [-0.25, -0.2) is 0 Å². The van der Waals surface area contributed by atoms with Gasteiger partial charge in [-0.15, -0.1) is 0 Å². The summed E-state index contributed by atoms with van der Waals surface area (Å²) in [6.07, 6.45) is 1.66. The second-order valence-electron chi connectivity index (χ2n) is 5.01. The van der Waals surface area contributed by atoms with Gasteiger partial charge in [-0.05, 0) is 29.7 Å². The van der Waals surface area contributed by atoms with Crippen molar-refractivity contribution < 1.29 is 32.5 Å². The maximum atomic E-state index is 10.0. The molecular formula is C17H22BrNO2. The normalized spacial score (nSPS) is 11.7. The summed E-state index contributed by atoms with van der Waals surface area (Å²) in [5.41, 5.74) is 2.21. The average Bonchev–Trinajstić information content (AvgIpc) is 2.49. The Morgan fingerprint density at radius 1 is 0.952 bits per heavy atom. The van der Waals surface area contributed by atoms with Gasteiger partial charge in [-0.3, -0.25) is 0 Å². The largest absolute Gasteiger partial charge is 1.00 e. The first-order valence-corrected chi connectivity index (χ1v) is 7.08. The number of aliphatic hydroxyl groups is 1. The molecule has 3 nitrogen and oxygen atoms in total. The molecule has 0 aliphatic carbocycles. The SMILES string of the molecule is Oc1ccc(CCC[NH2+]C[C@H](O)c2ccccc2)cc1.[Br-].